The molecule has 0 saturated carbocycles. The van der Waals surface area contributed by atoms with E-state index in [2.05, 4.69) is 26.7 Å². The van der Waals surface area contributed by atoms with Crippen molar-refractivity contribution in [3.05, 3.63) is 274 Å². The lowest BCUT2D eigenvalue weighted by Crippen LogP contribution is -2.45. The summed E-state index contributed by atoms with van der Waals surface area (Å²) in [6.45, 7) is -4.61. The van der Waals surface area contributed by atoms with Crippen LogP contribution in [0.25, 0.3) is 0 Å². The van der Waals surface area contributed by atoms with Crippen molar-refractivity contribution in [1.29, 1.82) is 0 Å². The molecule has 8 unspecified atom stereocenters. The van der Waals surface area contributed by atoms with E-state index in [0.717, 1.165) is 76.4 Å². The summed E-state index contributed by atoms with van der Waals surface area (Å²) in [5.41, 5.74) is -7.55. The SMILES string of the molecule is Cc1ccc(CCn2c(=O)ccn([C@@H]3O[C@H](COP(=O)(O)C(F)(F)P(=O)(O)O)[C@H](O)C3O)c2=O)c(F)c1.Cc1ccc(CCn2c(=O)ccn([C@@H]3O[C@H](COP(=O)(O)OP(=O)(O)O)[C@H](O)C3O)c2=O)c(F)c1.O=c1ccn([C@@H]2O[C@H](COP(=O)(O)C(F)(F)P(=O)(O)O)[C@H](O)C2O)c(=O)n1CC(F)(F)c1ccccc1.O=c1ccn([C@@H]2O[C@H](COP(=O)(O)OP(=O)(O)O)[C@H](O)C2O)c(=O)n1CC(F)(F)c1ccccc1. The molecule has 8 aromatic rings. The lowest BCUT2D eigenvalue weighted by atomic mass is 10.1. The van der Waals surface area contributed by atoms with Gasteiger partial charge in [-0.3, -0.25) is 83.0 Å². The second-order valence-electron chi connectivity index (χ2n) is 31.3. The van der Waals surface area contributed by atoms with Crippen LogP contribution in [0.4, 0.5) is 43.9 Å². The van der Waals surface area contributed by atoms with E-state index in [4.69, 9.17) is 58.1 Å². The van der Waals surface area contributed by atoms with Gasteiger partial charge in [-0.15, -0.1) is 0 Å². The number of ether oxygens (including phenoxy) is 4. The Bertz CT molecular complexity index is 6890. The average molecular weight is 2240 g/mol. The standard InChI is InChI=1S/C19H23F3N2O11P2.C18H20F4N2O11P2.C18H23FN2O12P2.C17H20F2N2O12P2/c1-10-2-3-11(12(20)8-10)4-6-23-14(25)5-7-24(18(23)28)17-16(27)15(26)13(35-17)9-34-37(32,33)19(21,22)36(29,30)31;19-17(20,10-4-2-1-3-5-10)9-24-12(25)6-7-23(16(24)28)15-14(27)13(26)11(35-15)8-34-37(32,33)18(21,22)36(29,30)31;1-10-2-3-11(12(19)8-10)4-6-20-14(22)5-7-21(18(20)25)17-16(24)15(23)13(32-17)9-31-35(29,30)33-34(26,27)28;18-17(19,10-4-2-1-3-5-10)9-21-12(22)6-7-20(16(21)25)15-14(24)13(23)11(32-15)8-31-35(29,30)33-34(26,27)28/h2-3,5,7-8,13,15-17,26-27H,4,6,9H2,1H3,(H,32,33)(H2,29,30,31);1-7,11,13-15,26-27H,8-9H2,(H,32,33)(H2,29,30,31);2-3,5,7-8,13,15-17,23-24H,4,6,9H2,1H3,(H,29,30)(H2,26,27,28);1-7,11,13-15,23-24H,8-9H2,(H,29,30)(H2,26,27,28)/t13-,15+,16?,17-;11-,13+,14?,15-;13-,15+,16?,17-;11-,13+,14?,15-/m1111/s1. The quantitative estimate of drug-likeness (QED) is 0.0178. The Labute approximate surface area is 795 Å². The molecule has 12 rings (SSSR count). The minimum Gasteiger partial charge on any atom is -0.387 e. The minimum absolute atomic E-state index is 0.00377. The molecule has 8 heterocycles. The van der Waals surface area contributed by atoms with Crippen molar-refractivity contribution < 1.29 is 226 Å². The van der Waals surface area contributed by atoms with Crippen LogP contribution in [0.5, 0.6) is 0 Å². The maximum atomic E-state index is 14.7. The van der Waals surface area contributed by atoms with Crippen LogP contribution in [-0.2, 0) is 133 Å². The Hall–Kier alpha value is -8.46. The van der Waals surface area contributed by atoms with E-state index >= 15 is 0 Å². The number of rotatable bonds is 36. The van der Waals surface area contributed by atoms with Crippen molar-refractivity contribution in [2.75, 3.05) is 26.4 Å². The Balaban J connectivity index is 0.000000214. The molecule has 54 nitrogen and oxygen atoms in total. The Kier molecular flexibility index (Phi) is 38.3. The van der Waals surface area contributed by atoms with Crippen LogP contribution < -0.4 is 45.0 Å². The summed E-state index contributed by atoms with van der Waals surface area (Å²) in [6, 6.07) is 24.9. The van der Waals surface area contributed by atoms with Crippen LogP contribution in [0.1, 0.15) is 58.3 Å². The third-order valence-corrected chi connectivity index (χ3v) is 32.1. The first kappa shape index (κ1) is 119. The van der Waals surface area contributed by atoms with Crippen molar-refractivity contribution >= 4 is 61.7 Å². The molecule has 0 spiro atoms. The first-order valence-electron chi connectivity index (χ1n) is 40.2. The van der Waals surface area contributed by atoms with Crippen LogP contribution in [-0.4, -0.2) is 247 Å². The highest BCUT2D eigenvalue weighted by Gasteiger charge is 2.67. The first-order valence-corrected chi connectivity index (χ1v) is 52.6. The topological polar surface area (TPSA) is 809 Å². The minimum atomic E-state index is -6.46. The summed E-state index contributed by atoms with van der Waals surface area (Å²) >= 11 is 0. The van der Waals surface area contributed by atoms with Crippen LogP contribution in [0, 0.1) is 25.5 Å². The van der Waals surface area contributed by atoms with E-state index in [0.29, 0.717) is 35.5 Å². The van der Waals surface area contributed by atoms with Gasteiger partial charge in [0.05, 0.1) is 39.5 Å². The summed E-state index contributed by atoms with van der Waals surface area (Å²) in [6.07, 6.45) is -25.7. The average Bonchev–Trinajstić information content (AvgIpc) is 1.45. The molecule has 0 aliphatic carbocycles. The molecule has 20 atom stereocenters. The number of phosphoric ester groups is 2. The smallest absolute Gasteiger partial charge is 0.387 e. The zero-order valence-electron chi connectivity index (χ0n) is 72.7. The third-order valence-electron chi connectivity index (χ3n) is 21.0. The van der Waals surface area contributed by atoms with Gasteiger partial charge >= 0.3 is 95.2 Å². The van der Waals surface area contributed by atoms with E-state index < -0.39 is 290 Å². The highest BCUT2D eigenvalue weighted by molar-refractivity contribution is 7.72. The fourth-order valence-electron chi connectivity index (χ4n) is 13.6. The highest BCUT2D eigenvalue weighted by atomic mass is 31.3. The summed E-state index contributed by atoms with van der Waals surface area (Å²) in [4.78, 5) is 206. The summed E-state index contributed by atoms with van der Waals surface area (Å²) in [7, 11) is -46.9. The molecule has 4 fully saturated rings. The highest BCUT2D eigenvalue weighted by Crippen LogP contribution is 2.74. The predicted molar refractivity (Wildman–Crippen MR) is 457 cm³/mol. The summed E-state index contributed by atoms with van der Waals surface area (Å²) < 4.78 is 280. The fourth-order valence-corrected chi connectivity index (χ4v) is 20.8. The number of hydrogen-bond acceptors (Lipinski definition) is 34. The molecular formula is C72H86F10N8O46P8. The number of aryl methyl sites for hydroxylation is 4. The van der Waals surface area contributed by atoms with Crippen molar-refractivity contribution in [1.82, 2.24) is 36.5 Å². The molecule has 144 heavy (non-hydrogen) atoms. The lowest BCUT2D eigenvalue weighted by molar-refractivity contribution is -0.0572. The van der Waals surface area contributed by atoms with Crippen molar-refractivity contribution in [3.63, 3.8) is 0 Å². The zero-order chi connectivity index (χ0) is 108. The van der Waals surface area contributed by atoms with Gasteiger partial charge in [-0.05, 0) is 61.1 Å². The van der Waals surface area contributed by atoms with E-state index in [1.54, 1.807) is 26.0 Å². The number of halogens is 10. The van der Waals surface area contributed by atoms with Crippen molar-refractivity contribution in [3.8, 4) is 0 Å². The number of aliphatic hydroxyl groups excluding tert-OH is 8. The molecule has 4 aliphatic rings. The molecule has 4 aliphatic heterocycles. The van der Waals surface area contributed by atoms with Gasteiger partial charge in [0.2, 0.25) is 0 Å². The molecule has 0 radical (unpaired) electrons. The van der Waals surface area contributed by atoms with Crippen molar-refractivity contribution in [2.45, 2.75) is 174 Å². The van der Waals surface area contributed by atoms with Gasteiger partial charge in [-0.1, -0.05) is 84.9 Å². The Morgan fingerprint density at radius 3 is 0.819 bits per heavy atom. The zero-order valence-corrected chi connectivity index (χ0v) is 79.8. The van der Waals surface area contributed by atoms with Gasteiger partial charge in [0, 0.05) is 73.3 Å². The van der Waals surface area contributed by atoms with Crippen LogP contribution in [0.15, 0.2) is 184 Å². The first-order chi connectivity index (χ1) is 66.2. The molecule has 800 valence electrons. The largest absolute Gasteiger partial charge is 0.481 e. The van der Waals surface area contributed by atoms with Crippen molar-refractivity contribution in [2.24, 2.45) is 0 Å². The van der Waals surface area contributed by atoms with Gasteiger partial charge in [0.15, 0.2) is 24.9 Å². The Morgan fingerprint density at radius 1 is 0.333 bits per heavy atom. The monoisotopic (exact) mass is 2240 g/mol. The molecule has 4 aromatic heterocycles. The van der Waals surface area contributed by atoms with E-state index in [9.17, 15) is 179 Å². The number of nitrogens with zero attached hydrogens (tertiary/aromatic N) is 8. The molecule has 0 amide bonds. The van der Waals surface area contributed by atoms with Gasteiger partial charge < -0.3 is 128 Å². The van der Waals surface area contributed by atoms with Crippen LogP contribution >= 0.6 is 61.7 Å². The maximum absolute atomic E-state index is 14.7. The molecule has 72 heteroatoms. The summed E-state index contributed by atoms with van der Waals surface area (Å²) in [5, 5.41) is 70.9. The molecule has 20 N–H and O–H groups in total. The molecule has 0 bridgehead atoms. The number of hydrogen-bond donors (Lipinski definition) is 20. The second-order valence-corrected chi connectivity index (χ2v) is 44.7. The Morgan fingerprint density at radius 2 is 0.576 bits per heavy atom. The van der Waals surface area contributed by atoms with E-state index in [-0.39, 0.29) is 46.2 Å². The number of aliphatic hydroxyl groups is 8. The molecular weight excluding hydrogens is 2150 g/mol. The van der Waals surface area contributed by atoms with Crippen LogP contribution in [0.3, 0.4) is 0 Å². The molecule has 4 saturated heterocycles. The van der Waals surface area contributed by atoms with Gasteiger partial charge in [0.1, 0.15) is 84.9 Å². The number of benzene rings is 4. The van der Waals surface area contributed by atoms with E-state index in [1.165, 1.54) is 60.7 Å². The molecule has 4 aromatic carbocycles. The summed E-state index contributed by atoms with van der Waals surface area (Å²) in [5.74, 6) is -8.37. The fraction of sp³-hybridized carbons (Fsp3) is 0.444. The normalized spacial score (nSPS) is 24.6. The third kappa shape index (κ3) is 28.8. The number of alkyl halides is 8. The van der Waals surface area contributed by atoms with Gasteiger partial charge in [-0.25, -0.2) is 46.2 Å². The van der Waals surface area contributed by atoms with Gasteiger partial charge in [0.25, 0.3) is 34.1 Å². The number of phosphoric acid groups is 4. The number of aromatic nitrogens is 8. The predicted octanol–water partition coefficient (Wildman–Crippen LogP) is -0.206. The lowest BCUT2D eigenvalue weighted by Gasteiger charge is -2.24. The van der Waals surface area contributed by atoms with Gasteiger partial charge in [-0.2, -0.15) is 43.7 Å². The maximum Gasteiger partial charge on any atom is 0.481 e. The van der Waals surface area contributed by atoms with Crippen LogP contribution in [0.2, 0.25) is 0 Å². The van der Waals surface area contributed by atoms with E-state index in [1.807, 2.05) is 0 Å². The second kappa shape index (κ2) is 46.3.